The fourth-order valence-electron chi connectivity index (χ4n) is 3.01. The molecule has 2 N–H and O–H groups in total. The van der Waals surface area contributed by atoms with Crippen molar-refractivity contribution in [3.63, 3.8) is 0 Å². The van der Waals surface area contributed by atoms with Crippen LogP contribution in [0.15, 0.2) is 30.3 Å². The van der Waals surface area contributed by atoms with Gasteiger partial charge in [0.05, 0.1) is 12.6 Å². The summed E-state index contributed by atoms with van der Waals surface area (Å²) < 4.78 is 0. The molecular weight excluding hydrogens is 306 g/mol. The van der Waals surface area contributed by atoms with Crippen LogP contribution in [-0.2, 0) is 11.3 Å². The molecule has 2 aromatic rings. The van der Waals surface area contributed by atoms with Crippen molar-refractivity contribution in [3.8, 4) is 11.4 Å². The maximum absolute atomic E-state index is 11.9. The van der Waals surface area contributed by atoms with Crippen LogP contribution in [0.25, 0.3) is 11.4 Å². The molecule has 1 saturated carbocycles. The number of carbonyl (C=O) groups excluding carboxylic acids is 1. The summed E-state index contributed by atoms with van der Waals surface area (Å²) in [4.78, 5) is 13.4. The molecule has 0 saturated heterocycles. The van der Waals surface area contributed by atoms with Gasteiger partial charge in [-0.15, -0.1) is 10.2 Å². The van der Waals surface area contributed by atoms with E-state index < -0.39 is 0 Å². The van der Waals surface area contributed by atoms with E-state index >= 15 is 0 Å². The van der Waals surface area contributed by atoms with E-state index in [1.807, 2.05) is 30.3 Å². The molecule has 2 atom stereocenters. The third-order valence-electron chi connectivity index (χ3n) is 4.43. The Bertz CT molecular complexity index is 658. The molecule has 2 unspecified atom stereocenters. The van der Waals surface area contributed by atoms with Gasteiger partial charge in [-0.3, -0.25) is 4.79 Å². The highest BCUT2D eigenvalue weighted by Crippen LogP contribution is 2.24. The number of nitrogens with zero attached hydrogens (tertiary/aromatic N) is 4. The monoisotopic (exact) mass is 329 g/mol. The minimum atomic E-state index is -0.263. The highest BCUT2D eigenvalue weighted by molar-refractivity contribution is 5.75. The van der Waals surface area contributed by atoms with E-state index in [1.54, 1.807) is 0 Å². The number of aliphatic hydroxyl groups is 1. The second kappa shape index (κ2) is 8.01. The van der Waals surface area contributed by atoms with Gasteiger partial charge in [0.2, 0.25) is 11.7 Å². The van der Waals surface area contributed by atoms with Gasteiger partial charge in [0.15, 0.2) is 0 Å². The molecule has 1 heterocycles. The molecule has 24 heavy (non-hydrogen) atoms. The summed E-state index contributed by atoms with van der Waals surface area (Å²) >= 11 is 0. The van der Waals surface area contributed by atoms with Gasteiger partial charge >= 0.3 is 0 Å². The van der Waals surface area contributed by atoms with E-state index in [1.165, 1.54) is 4.80 Å². The number of nitrogens with one attached hydrogen (secondary N) is 1. The van der Waals surface area contributed by atoms with E-state index in [0.717, 1.165) is 24.8 Å². The SMILES string of the molecule is O=C(CCCn1nnc(-c2ccccc2)n1)NCC1CCCC1O. The molecule has 1 aliphatic rings. The van der Waals surface area contributed by atoms with Crippen LogP contribution in [0, 0.1) is 5.92 Å². The Morgan fingerprint density at radius 1 is 1.29 bits per heavy atom. The molecule has 3 rings (SSSR count). The van der Waals surface area contributed by atoms with Gasteiger partial charge in [0.1, 0.15) is 0 Å². The molecule has 0 spiro atoms. The van der Waals surface area contributed by atoms with E-state index in [9.17, 15) is 9.90 Å². The van der Waals surface area contributed by atoms with Crippen molar-refractivity contribution in [2.24, 2.45) is 5.92 Å². The zero-order chi connectivity index (χ0) is 16.8. The Morgan fingerprint density at radius 2 is 2.12 bits per heavy atom. The quantitative estimate of drug-likeness (QED) is 0.801. The third-order valence-corrected chi connectivity index (χ3v) is 4.43. The first-order chi connectivity index (χ1) is 11.7. The Hall–Kier alpha value is -2.28. The summed E-state index contributed by atoms with van der Waals surface area (Å²) in [6, 6.07) is 9.68. The van der Waals surface area contributed by atoms with Gasteiger partial charge in [-0.05, 0) is 24.5 Å². The van der Waals surface area contributed by atoms with Crippen LogP contribution in [0.2, 0.25) is 0 Å². The second-order valence-electron chi connectivity index (χ2n) is 6.24. The van der Waals surface area contributed by atoms with Crippen molar-refractivity contribution in [1.82, 2.24) is 25.5 Å². The van der Waals surface area contributed by atoms with Crippen molar-refractivity contribution in [1.29, 1.82) is 0 Å². The number of amides is 1. The van der Waals surface area contributed by atoms with Gasteiger partial charge in [0.25, 0.3) is 0 Å². The van der Waals surface area contributed by atoms with E-state index in [2.05, 4.69) is 20.7 Å². The smallest absolute Gasteiger partial charge is 0.220 e. The average Bonchev–Trinajstić information content (AvgIpc) is 3.23. The molecule has 1 amide bonds. The number of aryl methyl sites for hydroxylation is 1. The normalized spacial score (nSPS) is 20.2. The molecule has 1 fully saturated rings. The number of aromatic nitrogens is 4. The van der Waals surface area contributed by atoms with Crippen LogP contribution in [0.4, 0.5) is 0 Å². The lowest BCUT2D eigenvalue weighted by molar-refractivity contribution is -0.121. The lowest BCUT2D eigenvalue weighted by Gasteiger charge is -2.14. The fraction of sp³-hybridized carbons (Fsp3) is 0.529. The van der Waals surface area contributed by atoms with Gasteiger partial charge in [-0.25, -0.2) is 0 Å². The maximum Gasteiger partial charge on any atom is 0.220 e. The molecule has 128 valence electrons. The van der Waals surface area contributed by atoms with Crippen molar-refractivity contribution in [2.45, 2.75) is 44.8 Å². The first-order valence-electron chi connectivity index (χ1n) is 8.50. The third kappa shape index (κ3) is 4.38. The Kier molecular flexibility index (Phi) is 5.53. The average molecular weight is 329 g/mol. The predicted molar refractivity (Wildman–Crippen MR) is 88.8 cm³/mol. The number of carbonyl (C=O) groups is 1. The number of hydrogen-bond acceptors (Lipinski definition) is 5. The van der Waals surface area contributed by atoms with Crippen LogP contribution in [0.5, 0.6) is 0 Å². The van der Waals surface area contributed by atoms with Gasteiger partial charge in [-0.1, -0.05) is 36.8 Å². The van der Waals surface area contributed by atoms with Crippen LogP contribution < -0.4 is 5.32 Å². The Morgan fingerprint density at radius 3 is 2.88 bits per heavy atom. The lowest BCUT2D eigenvalue weighted by Crippen LogP contribution is -2.32. The lowest BCUT2D eigenvalue weighted by atomic mass is 10.1. The first-order valence-corrected chi connectivity index (χ1v) is 8.50. The number of hydrogen-bond donors (Lipinski definition) is 2. The zero-order valence-corrected chi connectivity index (χ0v) is 13.6. The van der Waals surface area contributed by atoms with Crippen LogP contribution in [0.1, 0.15) is 32.1 Å². The molecule has 0 aliphatic heterocycles. The minimum absolute atomic E-state index is 0.0116. The van der Waals surface area contributed by atoms with E-state index in [0.29, 0.717) is 31.8 Å². The van der Waals surface area contributed by atoms with Gasteiger partial charge in [-0.2, -0.15) is 4.80 Å². The summed E-state index contributed by atoms with van der Waals surface area (Å²) in [6.45, 7) is 1.12. The van der Waals surface area contributed by atoms with Gasteiger partial charge < -0.3 is 10.4 Å². The summed E-state index contributed by atoms with van der Waals surface area (Å²) in [7, 11) is 0. The molecule has 0 bridgehead atoms. The Labute approximate surface area is 141 Å². The standard InChI is InChI=1S/C17H23N5O2/c23-15-9-4-8-14(15)12-18-16(24)10-5-11-22-20-17(19-21-22)13-6-2-1-3-7-13/h1-3,6-7,14-15,23H,4-5,8-12H2,(H,18,24). The summed E-state index contributed by atoms with van der Waals surface area (Å²) in [5.74, 6) is 0.812. The minimum Gasteiger partial charge on any atom is -0.393 e. The predicted octanol–water partition coefficient (Wildman–Crippen LogP) is 1.40. The second-order valence-corrected chi connectivity index (χ2v) is 6.24. The zero-order valence-electron chi connectivity index (χ0n) is 13.6. The molecule has 7 heteroatoms. The molecule has 0 radical (unpaired) electrons. The highest BCUT2D eigenvalue weighted by atomic mass is 16.3. The fourth-order valence-corrected chi connectivity index (χ4v) is 3.01. The van der Waals surface area contributed by atoms with Crippen molar-refractivity contribution >= 4 is 5.91 Å². The van der Waals surface area contributed by atoms with Gasteiger partial charge in [0, 0.05) is 24.4 Å². The van der Waals surface area contributed by atoms with E-state index in [-0.39, 0.29) is 17.9 Å². The van der Waals surface area contributed by atoms with Crippen LogP contribution >= 0.6 is 0 Å². The number of rotatable bonds is 7. The maximum atomic E-state index is 11.9. The molecule has 1 aromatic carbocycles. The molecule has 1 aliphatic carbocycles. The van der Waals surface area contributed by atoms with Crippen molar-refractivity contribution in [3.05, 3.63) is 30.3 Å². The molecule has 7 nitrogen and oxygen atoms in total. The largest absolute Gasteiger partial charge is 0.393 e. The topological polar surface area (TPSA) is 92.9 Å². The van der Waals surface area contributed by atoms with Crippen LogP contribution in [-0.4, -0.2) is 43.9 Å². The summed E-state index contributed by atoms with van der Waals surface area (Å²) in [5.41, 5.74) is 0.927. The number of tetrazole rings is 1. The molecular formula is C17H23N5O2. The number of aliphatic hydroxyl groups excluding tert-OH is 1. The van der Waals surface area contributed by atoms with Crippen molar-refractivity contribution in [2.75, 3.05) is 6.54 Å². The highest BCUT2D eigenvalue weighted by Gasteiger charge is 2.25. The van der Waals surface area contributed by atoms with Crippen LogP contribution in [0.3, 0.4) is 0 Å². The molecule has 1 aromatic heterocycles. The first kappa shape index (κ1) is 16.6. The number of benzene rings is 1. The van der Waals surface area contributed by atoms with Crippen molar-refractivity contribution < 1.29 is 9.90 Å². The van der Waals surface area contributed by atoms with E-state index in [4.69, 9.17) is 0 Å². The summed E-state index contributed by atoms with van der Waals surface area (Å²) in [6.07, 6.45) is 3.70. The Balaban J connectivity index is 1.39. The summed E-state index contributed by atoms with van der Waals surface area (Å²) in [5, 5.41) is 25.0.